The number of piperidine rings is 1. The molecule has 0 radical (unpaired) electrons. The predicted molar refractivity (Wildman–Crippen MR) is 166 cm³/mol. The molecule has 7 nitrogen and oxygen atoms in total. The largest absolute Gasteiger partial charge is 0.481 e. The second kappa shape index (κ2) is 12.9. The Kier molecular flexibility index (Phi) is 9.48. The molecule has 41 heavy (non-hydrogen) atoms. The molecule has 2 N–H and O–H groups in total. The molecule has 1 aromatic heterocycles. The number of rotatable bonds is 9. The second-order valence-corrected chi connectivity index (χ2v) is 13.9. The van der Waals surface area contributed by atoms with E-state index in [4.69, 9.17) is 27.9 Å². The number of likely N-dealkylation sites (tertiary alicyclic amines) is 1. The molecule has 220 valence electrons. The van der Waals surface area contributed by atoms with Crippen molar-refractivity contribution in [3.05, 3.63) is 93.6 Å². The summed E-state index contributed by atoms with van der Waals surface area (Å²) in [6, 6.07) is 20.7. The number of benzene rings is 2. The van der Waals surface area contributed by atoms with Crippen LogP contribution in [-0.2, 0) is 11.2 Å². The molecule has 0 saturated carbocycles. The Labute approximate surface area is 253 Å². The van der Waals surface area contributed by atoms with Crippen LogP contribution in [0.5, 0.6) is 5.88 Å². The van der Waals surface area contributed by atoms with Crippen molar-refractivity contribution >= 4 is 39.9 Å². The molecule has 0 spiro atoms. The summed E-state index contributed by atoms with van der Waals surface area (Å²) >= 11 is 12.8. The first-order valence-electron chi connectivity index (χ1n) is 14.0. The molecule has 0 unspecified atom stereocenters. The summed E-state index contributed by atoms with van der Waals surface area (Å²) in [6.07, 6.45) is 2.46. The van der Waals surface area contributed by atoms with Crippen molar-refractivity contribution in [2.75, 3.05) is 26.0 Å². The van der Waals surface area contributed by atoms with E-state index < -0.39 is 10.8 Å². The Morgan fingerprint density at radius 2 is 1.80 bits per heavy atom. The van der Waals surface area contributed by atoms with Crippen LogP contribution in [0.3, 0.4) is 0 Å². The van der Waals surface area contributed by atoms with Crippen molar-refractivity contribution in [3.8, 4) is 5.88 Å². The van der Waals surface area contributed by atoms with E-state index in [-0.39, 0.29) is 29.8 Å². The summed E-state index contributed by atoms with van der Waals surface area (Å²) < 4.78 is 28.6. The second-order valence-electron chi connectivity index (χ2n) is 10.9. The molecule has 2 aromatic carbocycles. The molecular formula is C31H37Cl2N3O4S. The molecular weight excluding hydrogens is 581 g/mol. The number of amides is 1. The zero-order chi connectivity index (χ0) is 29.1. The summed E-state index contributed by atoms with van der Waals surface area (Å²) in [5.74, 6) is 0.521. The Morgan fingerprint density at radius 1 is 1.05 bits per heavy atom. The third kappa shape index (κ3) is 6.69. The zero-order valence-corrected chi connectivity index (χ0v) is 25.7. The average molecular weight is 619 g/mol. The third-order valence-corrected chi connectivity index (χ3v) is 10.8. The van der Waals surface area contributed by atoms with Crippen molar-refractivity contribution in [3.63, 3.8) is 0 Å². The maximum absolute atomic E-state index is 14.6. The van der Waals surface area contributed by atoms with Crippen LogP contribution in [0.1, 0.15) is 55.0 Å². The van der Waals surface area contributed by atoms with Crippen molar-refractivity contribution in [2.45, 2.75) is 50.6 Å². The van der Waals surface area contributed by atoms with Crippen LogP contribution in [0.15, 0.2) is 66.7 Å². The van der Waals surface area contributed by atoms with E-state index in [0.29, 0.717) is 54.0 Å². The number of hydrogen-bond donors (Lipinski definition) is 2. The van der Waals surface area contributed by atoms with Gasteiger partial charge in [0.05, 0.1) is 18.9 Å². The number of pyridine rings is 1. The van der Waals surface area contributed by atoms with Gasteiger partial charge in [0.1, 0.15) is 0 Å². The maximum atomic E-state index is 14.6. The van der Waals surface area contributed by atoms with Gasteiger partial charge in [0, 0.05) is 59.2 Å². The highest BCUT2D eigenvalue weighted by molar-refractivity contribution is 8.22. The van der Waals surface area contributed by atoms with Crippen LogP contribution in [-0.4, -0.2) is 61.2 Å². The Bertz CT molecular complexity index is 1360. The lowest BCUT2D eigenvalue weighted by atomic mass is 9.74. The average Bonchev–Trinajstić information content (AvgIpc) is 3.30. The Morgan fingerprint density at radius 3 is 2.46 bits per heavy atom. The zero-order valence-electron chi connectivity index (χ0n) is 23.3. The van der Waals surface area contributed by atoms with Crippen LogP contribution in [0, 0.1) is 5.92 Å². The molecule has 2 fully saturated rings. The molecule has 2 aliphatic heterocycles. The molecule has 3 heterocycles. The minimum atomic E-state index is -2.84. The molecule has 0 bridgehead atoms. The van der Waals surface area contributed by atoms with Gasteiger partial charge in [-0.15, -0.1) is 10.8 Å². The van der Waals surface area contributed by atoms with Crippen molar-refractivity contribution in [2.24, 2.45) is 5.92 Å². The monoisotopic (exact) mass is 617 g/mol. The van der Waals surface area contributed by atoms with E-state index >= 15 is 0 Å². The van der Waals surface area contributed by atoms with Crippen molar-refractivity contribution < 1.29 is 18.6 Å². The van der Waals surface area contributed by atoms with Gasteiger partial charge < -0.3 is 9.64 Å². The van der Waals surface area contributed by atoms with E-state index in [2.05, 4.69) is 18.0 Å². The lowest BCUT2D eigenvalue weighted by Crippen LogP contribution is -2.54. The van der Waals surface area contributed by atoms with E-state index in [1.165, 1.54) is 0 Å². The van der Waals surface area contributed by atoms with Crippen LogP contribution in [0.2, 0.25) is 10.0 Å². The minimum Gasteiger partial charge on any atom is -0.481 e. The van der Waals surface area contributed by atoms with Crippen LogP contribution >= 0.6 is 34.0 Å². The number of nitrogens with zero attached hydrogens (tertiary/aromatic N) is 3. The van der Waals surface area contributed by atoms with Gasteiger partial charge in [0.15, 0.2) is 0 Å². The van der Waals surface area contributed by atoms with Gasteiger partial charge in [-0.25, -0.2) is 9.29 Å². The predicted octanol–water partition coefficient (Wildman–Crippen LogP) is 7.46. The van der Waals surface area contributed by atoms with Gasteiger partial charge in [0.2, 0.25) is 11.8 Å². The quantitative estimate of drug-likeness (QED) is 0.259. The maximum Gasteiger partial charge on any atom is 0.226 e. The third-order valence-electron chi connectivity index (χ3n) is 8.28. The molecule has 4 atom stereocenters. The van der Waals surface area contributed by atoms with E-state index in [0.717, 1.165) is 23.2 Å². The SMILES string of the molecule is CC[C@@H](CN1CCCS1(O)O)N1C(=O)[C@H](Cc2cccc(OC)n2)C[C@H](c2cccc(Cl)c2)[C@H]1c1ccc(Cl)cc1. The molecule has 10 heteroatoms. The molecule has 3 aromatic rings. The normalized spacial score (nSPS) is 24.3. The van der Waals surface area contributed by atoms with Crippen LogP contribution in [0.4, 0.5) is 0 Å². The van der Waals surface area contributed by atoms with Crippen LogP contribution < -0.4 is 4.74 Å². The molecule has 5 rings (SSSR count). The lowest BCUT2D eigenvalue weighted by Gasteiger charge is -2.50. The standard InChI is InChI=1S/C31H37Cl2N3O4S/c1-3-27(20-35-15-6-16-41(35,38)39)36-30(21-11-13-24(32)14-12-21)28(22-7-4-8-25(33)17-22)19-23(31(36)37)18-26-9-5-10-29(34-26)40-2/h4-5,7-14,17,23,27-28,30,38-39H,3,6,15-16,18-20H2,1-2H3/t23-,27+,28-,30-/m1/s1. The van der Waals surface area contributed by atoms with E-state index in [9.17, 15) is 13.9 Å². The summed E-state index contributed by atoms with van der Waals surface area (Å²) in [5, 5.41) is 1.27. The highest BCUT2D eigenvalue weighted by Crippen LogP contribution is 2.51. The first-order chi connectivity index (χ1) is 19.7. The molecule has 2 aliphatic rings. The number of ether oxygens (including phenoxy) is 1. The molecule has 0 aliphatic carbocycles. The van der Waals surface area contributed by atoms with Crippen molar-refractivity contribution in [1.29, 1.82) is 0 Å². The van der Waals surface area contributed by atoms with Gasteiger partial charge in [-0.1, -0.05) is 60.5 Å². The summed E-state index contributed by atoms with van der Waals surface area (Å²) in [7, 11) is -1.26. The van der Waals surface area contributed by atoms with Gasteiger partial charge in [-0.3, -0.25) is 13.9 Å². The first-order valence-corrected chi connectivity index (χ1v) is 16.5. The summed E-state index contributed by atoms with van der Waals surface area (Å²) in [4.78, 5) is 21.2. The fourth-order valence-corrected chi connectivity index (χ4v) is 8.20. The smallest absolute Gasteiger partial charge is 0.226 e. The summed E-state index contributed by atoms with van der Waals surface area (Å²) in [6.45, 7) is 3.04. The summed E-state index contributed by atoms with van der Waals surface area (Å²) in [5.41, 5.74) is 2.83. The van der Waals surface area contributed by atoms with Gasteiger partial charge >= 0.3 is 0 Å². The molecule has 1 amide bonds. The van der Waals surface area contributed by atoms with Gasteiger partial charge in [-0.05, 0) is 60.7 Å². The first kappa shape index (κ1) is 30.1. The Balaban J connectivity index is 1.60. The number of carbonyl (C=O) groups excluding carboxylic acids is 1. The number of halogens is 2. The lowest BCUT2D eigenvalue weighted by molar-refractivity contribution is -0.147. The Hall–Kier alpha value is -2.33. The number of methoxy groups -OCH3 is 1. The van der Waals surface area contributed by atoms with Crippen molar-refractivity contribution in [1.82, 2.24) is 14.2 Å². The topological polar surface area (TPSA) is 86.1 Å². The number of aromatic nitrogens is 1. The van der Waals surface area contributed by atoms with Gasteiger partial charge in [0.25, 0.3) is 0 Å². The minimum absolute atomic E-state index is 0.0374. The number of carbonyl (C=O) groups is 1. The highest BCUT2D eigenvalue weighted by atomic mass is 35.5. The van der Waals surface area contributed by atoms with E-state index in [1.807, 2.05) is 59.5 Å². The fraction of sp³-hybridized carbons (Fsp3) is 0.419. The van der Waals surface area contributed by atoms with E-state index in [1.54, 1.807) is 17.5 Å². The van der Waals surface area contributed by atoms with Gasteiger partial charge in [-0.2, -0.15) is 0 Å². The fourth-order valence-electron chi connectivity index (χ4n) is 6.27. The number of hydrogen-bond acceptors (Lipinski definition) is 6. The van der Waals surface area contributed by atoms with Crippen LogP contribution in [0.25, 0.3) is 0 Å². The molecule has 2 saturated heterocycles. The highest BCUT2D eigenvalue weighted by Gasteiger charge is 2.46.